The largest absolute Gasteiger partial charge is 0.491 e. The lowest BCUT2D eigenvalue weighted by Gasteiger charge is -2.18. The summed E-state index contributed by atoms with van der Waals surface area (Å²) in [6.07, 6.45) is -3.79. The Kier molecular flexibility index (Phi) is 4.69. The zero-order valence-electron chi connectivity index (χ0n) is 13.2. The maximum absolute atomic E-state index is 13.2. The minimum atomic E-state index is -4.58. The van der Waals surface area contributed by atoms with E-state index in [1.165, 1.54) is 12.1 Å². The molecule has 0 spiro atoms. The van der Waals surface area contributed by atoms with Gasteiger partial charge in [-0.25, -0.2) is 13.1 Å². The van der Waals surface area contributed by atoms with E-state index in [1.807, 2.05) is 0 Å². The van der Waals surface area contributed by atoms with Crippen molar-refractivity contribution in [2.45, 2.75) is 57.2 Å². The van der Waals surface area contributed by atoms with E-state index in [0.717, 1.165) is 6.07 Å². The van der Waals surface area contributed by atoms with E-state index in [-0.39, 0.29) is 17.4 Å². The van der Waals surface area contributed by atoms with Crippen LogP contribution < -0.4 is 9.46 Å². The first kappa shape index (κ1) is 18.1. The van der Waals surface area contributed by atoms with Gasteiger partial charge in [0, 0.05) is 6.54 Å². The smallest absolute Gasteiger partial charge is 0.416 e. The summed E-state index contributed by atoms with van der Waals surface area (Å²) in [5.74, 6) is 0.105. The number of sulfonamides is 1. The van der Waals surface area contributed by atoms with Crippen LogP contribution in [0, 0.1) is 0 Å². The van der Waals surface area contributed by atoms with Gasteiger partial charge in [0.1, 0.15) is 5.75 Å². The molecule has 2 rings (SSSR count). The average molecular weight is 351 g/mol. The molecule has 0 atom stereocenters. The predicted octanol–water partition coefficient (Wildman–Crippen LogP) is 3.46. The van der Waals surface area contributed by atoms with Crippen LogP contribution >= 0.6 is 0 Å². The van der Waals surface area contributed by atoms with Crippen molar-refractivity contribution in [3.8, 4) is 5.75 Å². The molecule has 23 heavy (non-hydrogen) atoms. The van der Waals surface area contributed by atoms with Crippen molar-refractivity contribution in [2.24, 2.45) is 0 Å². The summed E-state index contributed by atoms with van der Waals surface area (Å²) in [5, 5.41) is 0. The highest BCUT2D eigenvalue weighted by atomic mass is 32.2. The molecule has 0 aromatic heterocycles. The second-order valence-electron chi connectivity index (χ2n) is 6.26. The van der Waals surface area contributed by atoms with Crippen molar-refractivity contribution in [3.63, 3.8) is 0 Å². The topological polar surface area (TPSA) is 55.4 Å². The van der Waals surface area contributed by atoms with Crippen LogP contribution in [0.1, 0.15) is 44.7 Å². The Morgan fingerprint density at radius 3 is 2.39 bits per heavy atom. The van der Waals surface area contributed by atoms with Gasteiger partial charge >= 0.3 is 6.18 Å². The third-order valence-corrected chi connectivity index (χ3v) is 6.04. The Labute approximate surface area is 134 Å². The molecule has 0 aliphatic heterocycles. The predicted molar refractivity (Wildman–Crippen MR) is 80.6 cm³/mol. The molecule has 1 aromatic rings. The molecule has 1 saturated carbocycles. The van der Waals surface area contributed by atoms with E-state index in [1.54, 1.807) is 20.8 Å². The summed E-state index contributed by atoms with van der Waals surface area (Å²) < 4.78 is 70.4. The van der Waals surface area contributed by atoms with Gasteiger partial charge in [0.25, 0.3) is 0 Å². The Balaban J connectivity index is 2.24. The molecule has 4 nitrogen and oxygen atoms in total. The first-order valence-electron chi connectivity index (χ1n) is 7.31. The van der Waals surface area contributed by atoms with Crippen LogP contribution in [0.25, 0.3) is 0 Å². The van der Waals surface area contributed by atoms with Gasteiger partial charge in [0.15, 0.2) is 0 Å². The number of benzene rings is 1. The van der Waals surface area contributed by atoms with Gasteiger partial charge in [0.2, 0.25) is 10.0 Å². The Hall–Kier alpha value is -1.28. The molecule has 0 amide bonds. The van der Waals surface area contributed by atoms with Gasteiger partial charge in [-0.2, -0.15) is 13.2 Å². The van der Waals surface area contributed by atoms with Gasteiger partial charge in [-0.1, -0.05) is 6.07 Å². The molecule has 1 fully saturated rings. The van der Waals surface area contributed by atoms with Crippen molar-refractivity contribution < 1.29 is 26.3 Å². The zero-order valence-corrected chi connectivity index (χ0v) is 14.0. The molecule has 1 aromatic carbocycles. The summed E-state index contributed by atoms with van der Waals surface area (Å²) in [6.45, 7) is 4.62. The lowest BCUT2D eigenvalue weighted by Crippen LogP contribution is -2.34. The van der Waals surface area contributed by atoms with Crippen molar-refractivity contribution in [1.82, 2.24) is 4.72 Å². The molecule has 130 valence electrons. The molecule has 0 heterocycles. The molecule has 0 saturated heterocycles. The van der Waals surface area contributed by atoms with Crippen molar-refractivity contribution in [3.05, 3.63) is 29.3 Å². The minimum absolute atomic E-state index is 0.105. The summed E-state index contributed by atoms with van der Waals surface area (Å²) in [6, 6.07) is 3.57. The lowest BCUT2D eigenvalue weighted by atomic mass is 10.1. The van der Waals surface area contributed by atoms with E-state index in [4.69, 9.17) is 4.74 Å². The number of hydrogen-bond donors (Lipinski definition) is 1. The molecule has 1 N–H and O–H groups in total. The number of nitrogens with one attached hydrogen (secondary N) is 1. The maximum Gasteiger partial charge on any atom is 0.416 e. The zero-order chi connectivity index (χ0) is 17.5. The highest BCUT2D eigenvalue weighted by Gasteiger charge is 2.50. The van der Waals surface area contributed by atoms with Crippen LogP contribution in [0.3, 0.4) is 0 Å². The number of hydrogen-bond acceptors (Lipinski definition) is 3. The highest BCUT2D eigenvalue weighted by molar-refractivity contribution is 7.91. The van der Waals surface area contributed by atoms with Crippen LogP contribution in [0.4, 0.5) is 13.2 Å². The van der Waals surface area contributed by atoms with Crippen molar-refractivity contribution in [2.75, 3.05) is 0 Å². The average Bonchev–Trinajstić information content (AvgIpc) is 3.15. The fraction of sp³-hybridized carbons (Fsp3) is 0.600. The Bertz CT molecular complexity index is 680. The van der Waals surface area contributed by atoms with Crippen LogP contribution in [0.15, 0.2) is 18.2 Å². The fourth-order valence-electron chi connectivity index (χ4n) is 2.11. The van der Waals surface area contributed by atoms with Crippen molar-refractivity contribution >= 4 is 10.0 Å². The van der Waals surface area contributed by atoms with E-state index in [0.29, 0.717) is 12.8 Å². The van der Waals surface area contributed by atoms with Crippen LogP contribution in [0.2, 0.25) is 0 Å². The normalized spacial score (nSPS) is 17.3. The molecule has 8 heteroatoms. The second-order valence-corrected chi connectivity index (χ2v) is 8.54. The summed E-state index contributed by atoms with van der Waals surface area (Å²) >= 11 is 0. The van der Waals surface area contributed by atoms with E-state index in [2.05, 4.69) is 4.72 Å². The quantitative estimate of drug-likeness (QED) is 0.854. The van der Waals surface area contributed by atoms with E-state index >= 15 is 0 Å². The standard InChI is InChI=1S/C15H20F3NO3S/c1-10(2)22-12-5-4-11(13(8-12)15(16,17)18)9-19-23(20,21)14(3)6-7-14/h4-5,8,10,19H,6-7,9H2,1-3H3. The summed E-state index contributed by atoms with van der Waals surface area (Å²) in [4.78, 5) is 0. The van der Waals surface area contributed by atoms with E-state index in [9.17, 15) is 21.6 Å². The molecule has 1 aliphatic rings. The molecule has 0 radical (unpaired) electrons. The van der Waals surface area contributed by atoms with Gasteiger partial charge < -0.3 is 4.74 Å². The lowest BCUT2D eigenvalue weighted by molar-refractivity contribution is -0.138. The number of ether oxygens (including phenoxy) is 1. The molecular formula is C15H20F3NO3S. The molecular weight excluding hydrogens is 331 g/mol. The second kappa shape index (κ2) is 5.98. The highest BCUT2D eigenvalue weighted by Crippen LogP contribution is 2.42. The Morgan fingerprint density at radius 2 is 1.91 bits per heavy atom. The maximum atomic E-state index is 13.2. The van der Waals surface area contributed by atoms with Crippen LogP contribution in [-0.2, 0) is 22.7 Å². The van der Waals surface area contributed by atoms with Gasteiger partial charge in [-0.15, -0.1) is 0 Å². The van der Waals surface area contributed by atoms with Crippen molar-refractivity contribution in [1.29, 1.82) is 0 Å². The summed E-state index contributed by atoms with van der Waals surface area (Å²) in [7, 11) is -3.62. The monoisotopic (exact) mass is 351 g/mol. The minimum Gasteiger partial charge on any atom is -0.491 e. The molecule has 0 unspecified atom stereocenters. The SMILES string of the molecule is CC(C)Oc1ccc(CNS(=O)(=O)C2(C)CC2)c(C(F)(F)F)c1. The fourth-order valence-corrected chi connectivity index (χ4v) is 3.44. The first-order valence-corrected chi connectivity index (χ1v) is 8.79. The third-order valence-electron chi connectivity index (χ3n) is 3.81. The van der Waals surface area contributed by atoms with E-state index < -0.39 is 33.1 Å². The van der Waals surface area contributed by atoms with Gasteiger partial charge in [0.05, 0.1) is 16.4 Å². The first-order chi connectivity index (χ1) is 10.4. The number of rotatable bonds is 6. The molecule has 0 bridgehead atoms. The van der Waals surface area contributed by atoms with Gasteiger partial charge in [-0.3, -0.25) is 0 Å². The van der Waals surface area contributed by atoms with Gasteiger partial charge in [-0.05, 0) is 51.3 Å². The molecule has 1 aliphatic carbocycles. The number of alkyl halides is 3. The summed E-state index contributed by atoms with van der Waals surface area (Å²) in [5.41, 5.74) is -1.01. The Morgan fingerprint density at radius 1 is 1.30 bits per heavy atom. The van der Waals surface area contributed by atoms with Crippen LogP contribution in [-0.4, -0.2) is 19.3 Å². The van der Waals surface area contributed by atoms with Crippen LogP contribution in [0.5, 0.6) is 5.75 Å². The number of halogens is 3. The third kappa shape index (κ3) is 4.17.